The number of amides is 3. The van der Waals surface area contributed by atoms with E-state index in [0.717, 1.165) is 24.4 Å². The van der Waals surface area contributed by atoms with E-state index in [2.05, 4.69) is 20.8 Å². The molecule has 1 saturated heterocycles. The molecule has 1 aliphatic rings. The van der Waals surface area contributed by atoms with Crippen LogP contribution in [0.2, 0.25) is 0 Å². The molecule has 1 aromatic carbocycles. The zero-order valence-corrected chi connectivity index (χ0v) is 15.2. The van der Waals surface area contributed by atoms with Gasteiger partial charge in [0.1, 0.15) is 10.8 Å². The molecule has 0 radical (unpaired) electrons. The smallest absolute Gasteiger partial charge is 0.317 e. The van der Waals surface area contributed by atoms with Crippen molar-refractivity contribution in [2.75, 3.05) is 25.0 Å². The molecule has 0 saturated carbocycles. The molecule has 138 valence electrons. The molecule has 3 amide bonds. The number of aromatic nitrogens is 2. The molecular formula is C17H20FN5O2S. The summed E-state index contributed by atoms with van der Waals surface area (Å²) < 4.78 is 12.9. The Labute approximate surface area is 154 Å². The predicted octanol–water partition coefficient (Wildman–Crippen LogP) is 2.84. The summed E-state index contributed by atoms with van der Waals surface area (Å²) in [6, 6.07) is 5.45. The van der Waals surface area contributed by atoms with Gasteiger partial charge in [0.05, 0.1) is 0 Å². The van der Waals surface area contributed by atoms with Gasteiger partial charge in [0.2, 0.25) is 5.01 Å². The van der Waals surface area contributed by atoms with Gasteiger partial charge in [-0.2, -0.15) is 0 Å². The quantitative estimate of drug-likeness (QED) is 0.858. The Kier molecular flexibility index (Phi) is 5.77. The Hall–Kier alpha value is -2.55. The number of carbonyl (C=O) groups is 2. The van der Waals surface area contributed by atoms with Crippen molar-refractivity contribution in [3.8, 4) is 0 Å². The Morgan fingerprint density at radius 3 is 2.81 bits per heavy atom. The fourth-order valence-electron chi connectivity index (χ4n) is 2.84. The van der Waals surface area contributed by atoms with E-state index in [9.17, 15) is 14.0 Å². The number of hydrogen-bond acceptors (Lipinski definition) is 5. The van der Waals surface area contributed by atoms with Gasteiger partial charge in [-0.15, -0.1) is 10.2 Å². The standard InChI is InChI=1S/C17H20FN5O2S/c1-2-19-17(25)23-9-3-4-11(10-23)15-21-22-16(26-15)14(24)20-13-7-5-12(18)6-8-13/h5-8,11H,2-4,9-10H2,1H3,(H,19,25)(H,20,24)/t11-/m1/s1. The third-order valence-corrected chi connectivity index (χ3v) is 5.21. The SMILES string of the molecule is CCNC(=O)N1CCC[C@@H](c2nnc(C(=O)Nc3ccc(F)cc3)s2)C1. The summed E-state index contributed by atoms with van der Waals surface area (Å²) >= 11 is 1.23. The second-order valence-corrected chi connectivity index (χ2v) is 7.04. The maximum Gasteiger partial charge on any atom is 0.317 e. The molecule has 0 unspecified atom stereocenters. The Balaban J connectivity index is 1.64. The lowest BCUT2D eigenvalue weighted by Gasteiger charge is -2.31. The minimum Gasteiger partial charge on any atom is -0.338 e. The van der Waals surface area contributed by atoms with Crippen molar-refractivity contribution in [3.63, 3.8) is 0 Å². The largest absolute Gasteiger partial charge is 0.338 e. The first kappa shape index (κ1) is 18.2. The number of benzene rings is 1. The normalized spacial score (nSPS) is 17.0. The van der Waals surface area contributed by atoms with Crippen molar-refractivity contribution in [1.82, 2.24) is 20.4 Å². The van der Waals surface area contributed by atoms with Crippen molar-refractivity contribution in [2.45, 2.75) is 25.7 Å². The zero-order valence-electron chi connectivity index (χ0n) is 14.4. The molecule has 7 nitrogen and oxygen atoms in total. The summed E-state index contributed by atoms with van der Waals surface area (Å²) in [5, 5.41) is 14.6. The topological polar surface area (TPSA) is 87.2 Å². The number of piperidine rings is 1. The van der Waals surface area contributed by atoms with Crippen LogP contribution in [0.1, 0.15) is 40.5 Å². The van der Waals surface area contributed by atoms with Gasteiger partial charge in [-0.3, -0.25) is 4.79 Å². The Morgan fingerprint density at radius 1 is 1.31 bits per heavy atom. The first-order valence-corrected chi connectivity index (χ1v) is 9.31. The third-order valence-electron chi connectivity index (χ3n) is 4.12. The van der Waals surface area contributed by atoms with E-state index in [-0.39, 0.29) is 28.7 Å². The van der Waals surface area contributed by atoms with E-state index in [1.54, 1.807) is 4.90 Å². The highest BCUT2D eigenvalue weighted by atomic mass is 32.1. The van der Waals surface area contributed by atoms with Crippen molar-refractivity contribution >= 4 is 29.0 Å². The number of hydrogen-bond donors (Lipinski definition) is 2. The minimum atomic E-state index is -0.378. The summed E-state index contributed by atoms with van der Waals surface area (Å²) in [4.78, 5) is 26.1. The second kappa shape index (κ2) is 8.22. The van der Waals surface area contributed by atoms with Gasteiger partial charge in [-0.1, -0.05) is 11.3 Å². The summed E-state index contributed by atoms with van der Waals surface area (Å²) in [6.45, 7) is 3.77. The van der Waals surface area contributed by atoms with Crippen LogP contribution in [-0.4, -0.2) is 46.7 Å². The lowest BCUT2D eigenvalue weighted by Crippen LogP contribution is -2.44. The second-order valence-electron chi connectivity index (χ2n) is 6.03. The summed E-state index contributed by atoms with van der Waals surface area (Å²) in [6.07, 6.45) is 1.79. The number of halogens is 1. The number of rotatable bonds is 4. The van der Waals surface area contributed by atoms with Gasteiger partial charge in [-0.05, 0) is 44.0 Å². The average molecular weight is 377 g/mol. The van der Waals surface area contributed by atoms with Crippen molar-refractivity contribution < 1.29 is 14.0 Å². The van der Waals surface area contributed by atoms with E-state index < -0.39 is 0 Å². The summed E-state index contributed by atoms with van der Waals surface area (Å²) in [5.41, 5.74) is 0.494. The number of anilines is 1. The molecule has 1 aliphatic heterocycles. The molecule has 1 aromatic heterocycles. The average Bonchev–Trinajstić information content (AvgIpc) is 3.14. The van der Waals surface area contributed by atoms with Crippen LogP contribution in [0.5, 0.6) is 0 Å². The molecule has 2 aromatic rings. The summed E-state index contributed by atoms with van der Waals surface area (Å²) in [5.74, 6) is -0.664. The van der Waals surface area contributed by atoms with Crippen LogP contribution in [-0.2, 0) is 0 Å². The summed E-state index contributed by atoms with van der Waals surface area (Å²) in [7, 11) is 0. The van der Waals surface area contributed by atoms with E-state index in [4.69, 9.17) is 0 Å². The van der Waals surface area contributed by atoms with Crippen LogP contribution in [0, 0.1) is 5.82 Å². The molecular weight excluding hydrogens is 357 g/mol. The fourth-order valence-corrected chi connectivity index (χ4v) is 3.70. The molecule has 1 atom stereocenters. The lowest BCUT2D eigenvalue weighted by atomic mass is 9.99. The van der Waals surface area contributed by atoms with Crippen molar-refractivity contribution in [1.29, 1.82) is 0 Å². The monoisotopic (exact) mass is 377 g/mol. The number of urea groups is 1. The van der Waals surface area contributed by atoms with Crippen LogP contribution in [0.4, 0.5) is 14.9 Å². The fraction of sp³-hybridized carbons (Fsp3) is 0.412. The highest BCUT2D eigenvalue weighted by Crippen LogP contribution is 2.29. The lowest BCUT2D eigenvalue weighted by molar-refractivity contribution is 0.102. The third kappa shape index (κ3) is 4.34. The highest BCUT2D eigenvalue weighted by Gasteiger charge is 2.27. The van der Waals surface area contributed by atoms with Crippen LogP contribution < -0.4 is 10.6 Å². The Morgan fingerprint density at radius 2 is 2.08 bits per heavy atom. The number of likely N-dealkylation sites (tertiary alicyclic amines) is 1. The number of nitrogens with zero attached hydrogens (tertiary/aromatic N) is 3. The van der Waals surface area contributed by atoms with E-state index in [0.29, 0.717) is 18.8 Å². The van der Waals surface area contributed by atoms with Gasteiger partial charge in [0.25, 0.3) is 5.91 Å². The van der Waals surface area contributed by atoms with Gasteiger partial charge >= 0.3 is 6.03 Å². The molecule has 1 fully saturated rings. The van der Waals surface area contributed by atoms with Crippen LogP contribution in [0.3, 0.4) is 0 Å². The highest BCUT2D eigenvalue weighted by molar-refractivity contribution is 7.13. The number of nitrogens with one attached hydrogen (secondary N) is 2. The van der Waals surface area contributed by atoms with Crippen molar-refractivity contribution in [3.05, 3.63) is 40.1 Å². The van der Waals surface area contributed by atoms with Crippen molar-refractivity contribution in [2.24, 2.45) is 0 Å². The molecule has 2 N–H and O–H groups in total. The molecule has 26 heavy (non-hydrogen) atoms. The first-order valence-electron chi connectivity index (χ1n) is 8.50. The minimum absolute atomic E-state index is 0.0732. The first-order chi connectivity index (χ1) is 12.6. The van der Waals surface area contributed by atoms with Gasteiger partial charge in [0, 0.05) is 31.2 Å². The van der Waals surface area contributed by atoms with Crippen LogP contribution >= 0.6 is 11.3 Å². The maximum absolute atomic E-state index is 12.9. The zero-order chi connectivity index (χ0) is 18.5. The molecule has 0 aliphatic carbocycles. The van der Waals surface area contributed by atoms with Crippen LogP contribution in [0.15, 0.2) is 24.3 Å². The molecule has 0 spiro atoms. The van der Waals surface area contributed by atoms with Gasteiger partial charge in [0.15, 0.2) is 0 Å². The predicted molar refractivity (Wildman–Crippen MR) is 96.9 cm³/mol. The maximum atomic E-state index is 12.9. The van der Waals surface area contributed by atoms with E-state index in [1.807, 2.05) is 6.92 Å². The number of carbonyl (C=O) groups excluding carboxylic acids is 2. The van der Waals surface area contributed by atoms with E-state index in [1.165, 1.54) is 35.6 Å². The van der Waals surface area contributed by atoms with E-state index >= 15 is 0 Å². The van der Waals surface area contributed by atoms with Gasteiger partial charge < -0.3 is 15.5 Å². The van der Waals surface area contributed by atoms with Crippen LogP contribution in [0.25, 0.3) is 0 Å². The van der Waals surface area contributed by atoms with Gasteiger partial charge in [-0.25, -0.2) is 9.18 Å². The molecule has 2 heterocycles. The molecule has 9 heteroatoms. The molecule has 0 bridgehead atoms. The Bertz CT molecular complexity index is 780. The molecule has 3 rings (SSSR count).